The Balaban J connectivity index is 2.89. The lowest BCUT2D eigenvalue weighted by Gasteiger charge is -2.18. The van der Waals surface area contributed by atoms with Crippen LogP contribution in [0.3, 0.4) is 0 Å². The van der Waals surface area contributed by atoms with Crippen molar-refractivity contribution in [1.29, 1.82) is 0 Å². The average molecular weight is 205 g/mol. The molecule has 0 aliphatic heterocycles. The van der Waals surface area contributed by atoms with E-state index in [0.29, 0.717) is 0 Å². The second kappa shape index (κ2) is 4.47. The SMILES string of the molecule is CCc1ccc(/C=[N+](\[O-])C(C)(C)C)cc1. The lowest BCUT2D eigenvalue weighted by molar-refractivity contribution is -0.530. The molecule has 0 N–H and O–H groups in total. The van der Waals surface area contributed by atoms with Gasteiger partial charge >= 0.3 is 0 Å². The summed E-state index contributed by atoms with van der Waals surface area (Å²) in [7, 11) is 0. The number of aryl methyl sites for hydroxylation is 1. The topological polar surface area (TPSA) is 26.1 Å². The Morgan fingerprint density at radius 2 is 1.73 bits per heavy atom. The molecule has 15 heavy (non-hydrogen) atoms. The number of hydrogen-bond donors (Lipinski definition) is 0. The molecule has 0 amide bonds. The number of nitrogens with zero attached hydrogens (tertiary/aromatic N) is 1. The summed E-state index contributed by atoms with van der Waals surface area (Å²) in [5.41, 5.74) is 1.88. The van der Waals surface area contributed by atoms with Gasteiger partial charge < -0.3 is 5.21 Å². The summed E-state index contributed by atoms with van der Waals surface area (Å²) in [5.74, 6) is 0. The van der Waals surface area contributed by atoms with E-state index in [-0.39, 0.29) is 5.54 Å². The van der Waals surface area contributed by atoms with Gasteiger partial charge in [-0.2, -0.15) is 0 Å². The predicted octanol–water partition coefficient (Wildman–Crippen LogP) is 2.98. The molecule has 0 unspecified atom stereocenters. The number of hydrogen-bond acceptors (Lipinski definition) is 1. The van der Waals surface area contributed by atoms with Gasteiger partial charge in [0.2, 0.25) is 0 Å². The molecule has 0 radical (unpaired) electrons. The van der Waals surface area contributed by atoms with Crippen molar-refractivity contribution in [3.63, 3.8) is 0 Å². The normalized spacial score (nSPS) is 12.9. The maximum absolute atomic E-state index is 11.6. The Morgan fingerprint density at radius 3 is 2.13 bits per heavy atom. The molecule has 1 rings (SSSR count). The molecule has 0 spiro atoms. The van der Waals surface area contributed by atoms with Crippen LogP contribution in [0.1, 0.15) is 38.8 Å². The largest absolute Gasteiger partial charge is 0.623 e. The molecule has 0 saturated heterocycles. The van der Waals surface area contributed by atoms with E-state index in [2.05, 4.69) is 19.1 Å². The van der Waals surface area contributed by atoms with Crippen molar-refractivity contribution in [1.82, 2.24) is 0 Å². The molecule has 0 aromatic heterocycles. The van der Waals surface area contributed by atoms with E-state index in [4.69, 9.17) is 0 Å². The van der Waals surface area contributed by atoms with Crippen molar-refractivity contribution in [2.24, 2.45) is 0 Å². The average Bonchev–Trinajstić information content (AvgIpc) is 2.17. The van der Waals surface area contributed by atoms with E-state index in [0.717, 1.165) is 16.7 Å². The first-order valence-electron chi connectivity index (χ1n) is 5.34. The van der Waals surface area contributed by atoms with E-state index in [1.165, 1.54) is 5.56 Å². The van der Waals surface area contributed by atoms with Gasteiger partial charge in [-0.3, -0.25) is 0 Å². The third kappa shape index (κ3) is 3.39. The van der Waals surface area contributed by atoms with Gasteiger partial charge in [0.25, 0.3) is 0 Å². The van der Waals surface area contributed by atoms with Gasteiger partial charge in [0.15, 0.2) is 11.8 Å². The number of hydroxylamine groups is 1. The van der Waals surface area contributed by atoms with Crippen LogP contribution in [0, 0.1) is 5.21 Å². The molecule has 0 bridgehead atoms. The van der Waals surface area contributed by atoms with E-state index < -0.39 is 0 Å². The van der Waals surface area contributed by atoms with Crippen molar-refractivity contribution in [3.8, 4) is 0 Å². The molecule has 82 valence electrons. The standard InChI is InChI=1S/C13H19NO/c1-5-11-6-8-12(9-7-11)10-14(15)13(2,3)4/h6-10H,5H2,1-4H3/b14-10-. The second-order valence-electron chi connectivity index (χ2n) is 4.72. The summed E-state index contributed by atoms with van der Waals surface area (Å²) in [6.07, 6.45) is 2.67. The lowest BCUT2D eigenvalue weighted by atomic mass is 10.1. The monoisotopic (exact) mass is 205 g/mol. The van der Waals surface area contributed by atoms with Crippen LogP contribution in [0.25, 0.3) is 0 Å². The van der Waals surface area contributed by atoms with Gasteiger partial charge in [-0.25, -0.2) is 4.74 Å². The fourth-order valence-electron chi connectivity index (χ4n) is 1.17. The van der Waals surface area contributed by atoms with Crippen molar-refractivity contribution < 1.29 is 4.74 Å². The van der Waals surface area contributed by atoms with Crippen LogP contribution >= 0.6 is 0 Å². The number of rotatable bonds is 2. The van der Waals surface area contributed by atoms with Crippen LogP contribution in [0.15, 0.2) is 24.3 Å². The molecule has 2 heteroatoms. The zero-order valence-corrected chi connectivity index (χ0v) is 9.95. The summed E-state index contributed by atoms with van der Waals surface area (Å²) in [6.45, 7) is 7.82. The first kappa shape index (κ1) is 11.8. The molecule has 0 aliphatic rings. The van der Waals surface area contributed by atoms with Crippen molar-refractivity contribution >= 4 is 6.21 Å². The Hall–Kier alpha value is -1.31. The van der Waals surface area contributed by atoms with Crippen LogP contribution < -0.4 is 0 Å². The van der Waals surface area contributed by atoms with Gasteiger partial charge in [0, 0.05) is 26.3 Å². The number of benzene rings is 1. The van der Waals surface area contributed by atoms with Crippen LogP contribution in [-0.2, 0) is 6.42 Å². The molecule has 2 nitrogen and oxygen atoms in total. The molecular weight excluding hydrogens is 186 g/mol. The van der Waals surface area contributed by atoms with E-state index in [9.17, 15) is 5.21 Å². The highest BCUT2D eigenvalue weighted by atomic mass is 16.5. The summed E-state index contributed by atoms with van der Waals surface area (Å²) >= 11 is 0. The fraction of sp³-hybridized carbons (Fsp3) is 0.462. The molecule has 0 fully saturated rings. The van der Waals surface area contributed by atoms with E-state index in [1.807, 2.05) is 32.9 Å². The highest BCUT2D eigenvalue weighted by Gasteiger charge is 2.17. The highest BCUT2D eigenvalue weighted by Crippen LogP contribution is 2.07. The quantitative estimate of drug-likeness (QED) is 0.315. The second-order valence-corrected chi connectivity index (χ2v) is 4.72. The predicted molar refractivity (Wildman–Crippen MR) is 64.4 cm³/mol. The van der Waals surface area contributed by atoms with E-state index in [1.54, 1.807) is 6.21 Å². The van der Waals surface area contributed by atoms with Gasteiger partial charge in [-0.1, -0.05) is 19.1 Å². The van der Waals surface area contributed by atoms with Crippen LogP contribution in [0.4, 0.5) is 0 Å². The van der Waals surface area contributed by atoms with E-state index >= 15 is 0 Å². The minimum Gasteiger partial charge on any atom is -0.623 e. The maximum Gasteiger partial charge on any atom is 0.182 e. The molecule has 1 aromatic carbocycles. The summed E-state index contributed by atoms with van der Waals surface area (Å²) < 4.78 is 0.994. The zero-order valence-electron chi connectivity index (χ0n) is 9.95. The van der Waals surface area contributed by atoms with Gasteiger partial charge in [0.05, 0.1) is 0 Å². The molecular formula is C13H19NO. The van der Waals surface area contributed by atoms with Crippen molar-refractivity contribution in [3.05, 3.63) is 40.6 Å². The lowest BCUT2D eigenvalue weighted by Crippen LogP contribution is -2.29. The first-order chi connectivity index (χ1) is 6.93. The van der Waals surface area contributed by atoms with Gasteiger partial charge in [0.1, 0.15) is 0 Å². The van der Waals surface area contributed by atoms with Gasteiger partial charge in [-0.05, 0) is 24.1 Å². The van der Waals surface area contributed by atoms with Gasteiger partial charge in [-0.15, -0.1) is 0 Å². The summed E-state index contributed by atoms with van der Waals surface area (Å²) in [5, 5.41) is 11.6. The highest BCUT2D eigenvalue weighted by molar-refractivity contribution is 5.75. The molecule has 0 atom stereocenters. The third-order valence-electron chi connectivity index (χ3n) is 2.32. The molecule has 0 heterocycles. The maximum atomic E-state index is 11.6. The Labute approximate surface area is 91.8 Å². The zero-order chi connectivity index (χ0) is 11.5. The summed E-state index contributed by atoms with van der Waals surface area (Å²) in [6, 6.07) is 8.08. The Bertz CT molecular complexity index is 344. The molecule has 0 saturated carbocycles. The summed E-state index contributed by atoms with van der Waals surface area (Å²) in [4.78, 5) is 0. The molecule has 1 aromatic rings. The van der Waals surface area contributed by atoms with Crippen molar-refractivity contribution in [2.75, 3.05) is 0 Å². The Kier molecular flexibility index (Phi) is 3.51. The minimum absolute atomic E-state index is 0.372. The minimum atomic E-state index is -0.372. The first-order valence-corrected chi connectivity index (χ1v) is 5.34. The Morgan fingerprint density at radius 1 is 1.20 bits per heavy atom. The van der Waals surface area contributed by atoms with Crippen LogP contribution in [0.5, 0.6) is 0 Å². The fourth-order valence-corrected chi connectivity index (χ4v) is 1.17. The van der Waals surface area contributed by atoms with Crippen LogP contribution in [0.2, 0.25) is 0 Å². The van der Waals surface area contributed by atoms with Crippen LogP contribution in [-0.4, -0.2) is 16.5 Å². The smallest absolute Gasteiger partial charge is 0.182 e. The molecule has 0 aliphatic carbocycles. The third-order valence-corrected chi connectivity index (χ3v) is 2.32. The van der Waals surface area contributed by atoms with Crippen molar-refractivity contribution in [2.45, 2.75) is 39.7 Å².